The largest absolute Gasteiger partial charge is 0.115 e. The number of hydrogen-bond acceptors (Lipinski definition) is 0. The molecule has 0 aromatic heterocycles. The van der Waals surface area contributed by atoms with E-state index in [1.165, 1.54) is 33.4 Å². The fourth-order valence-corrected chi connectivity index (χ4v) is 2.68. The highest BCUT2D eigenvalue weighted by Crippen LogP contribution is 2.37. The van der Waals surface area contributed by atoms with E-state index in [9.17, 15) is 0 Å². The van der Waals surface area contributed by atoms with E-state index < -0.39 is 0 Å². The predicted octanol–water partition coefficient (Wildman–Crippen LogP) is 4.70. The van der Waals surface area contributed by atoms with Gasteiger partial charge < -0.3 is 0 Å². The second-order valence-corrected chi connectivity index (χ2v) is 5.92. The Labute approximate surface area is 98.7 Å². The number of benzene rings is 1. The van der Waals surface area contributed by atoms with Crippen LogP contribution in [0.5, 0.6) is 0 Å². The molecule has 0 aliphatic rings. The van der Waals surface area contributed by atoms with Crippen LogP contribution in [0.2, 0.25) is 0 Å². The first-order valence-electron chi connectivity index (χ1n) is 5.44. The highest BCUT2D eigenvalue weighted by Gasteiger charge is 2.24. The molecule has 0 amide bonds. The molecule has 0 spiro atoms. The molecule has 1 aromatic carbocycles. The van der Waals surface area contributed by atoms with E-state index in [2.05, 4.69) is 48.5 Å². The van der Waals surface area contributed by atoms with Crippen molar-refractivity contribution in [3.63, 3.8) is 0 Å². The molecule has 15 heavy (non-hydrogen) atoms. The first-order valence-corrected chi connectivity index (χ1v) is 5.82. The highest BCUT2D eigenvalue weighted by atomic mass is 35.5. The zero-order valence-electron chi connectivity index (χ0n) is 10.9. The summed E-state index contributed by atoms with van der Waals surface area (Å²) in [5.74, 6) is 0. The van der Waals surface area contributed by atoms with Crippen LogP contribution in [0, 0.1) is 34.6 Å². The van der Waals surface area contributed by atoms with Gasteiger partial charge in [-0.2, -0.15) is 0 Å². The molecular weight excluding hydrogens is 204 g/mol. The molecule has 1 aromatic rings. The van der Waals surface area contributed by atoms with Gasteiger partial charge in [-0.3, -0.25) is 0 Å². The van der Waals surface area contributed by atoms with Crippen LogP contribution in [-0.4, -0.2) is 0 Å². The second kappa shape index (κ2) is 3.83. The van der Waals surface area contributed by atoms with Crippen LogP contribution in [0.15, 0.2) is 0 Å². The van der Waals surface area contributed by atoms with Crippen LogP contribution in [-0.2, 0) is 4.87 Å². The van der Waals surface area contributed by atoms with E-state index in [1.54, 1.807) is 0 Å². The van der Waals surface area contributed by atoms with E-state index in [0.717, 1.165) is 0 Å². The Kier molecular flexibility index (Phi) is 3.21. The molecule has 0 fully saturated rings. The molecule has 0 nitrogen and oxygen atoms in total. The lowest BCUT2D eigenvalue weighted by molar-refractivity contribution is 0.746. The summed E-state index contributed by atoms with van der Waals surface area (Å²) in [6.45, 7) is 15.0. The minimum atomic E-state index is -0.280. The van der Waals surface area contributed by atoms with Crippen molar-refractivity contribution in [2.45, 2.75) is 53.3 Å². The third-order valence-electron chi connectivity index (χ3n) is 3.59. The Morgan fingerprint density at radius 3 is 1.20 bits per heavy atom. The maximum absolute atomic E-state index is 6.47. The molecule has 0 heterocycles. The molecule has 1 heteroatoms. The number of rotatable bonds is 1. The molecule has 0 aliphatic heterocycles. The molecule has 0 saturated carbocycles. The first kappa shape index (κ1) is 12.6. The van der Waals surface area contributed by atoms with Gasteiger partial charge in [-0.05, 0) is 81.8 Å². The van der Waals surface area contributed by atoms with Crippen LogP contribution in [0.1, 0.15) is 47.2 Å². The van der Waals surface area contributed by atoms with Crippen molar-refractivity contribution in [3.05, 3.63) is 33.4 Å². The zero-order valence-corrected chi connectivity index (χ0v) is 11.6. The summed E-state index contributed by atoms with van der Waals surface area (Å²) in [6, 6.07) is 0. The summed E-state index contributed by atoms with van der Waals surface area (Å²) in [5.41, 5.74) is 8.13. The minimum absolute atomic E-state index is 0.280. The van der Waals surface area contributed by atoms with Crippen LogP contribution in [0.4, 0.5) is 0 Å². The molecule has 0 aliphatic carbocycles. The van der Waals surface area contributed by atoms with Gasteiger partial charge in [0.15, 0.2) is 0 Å². The van der Waals surface area contributed by atoms with Crippen LogP contribution in [0.25, 0.3) is 0 Å². The number of halogens is 1. The van der Waals surface area contributed by atoms with E-state index >= 15 is 0 Å². The summed E-state index contributed by atoms with van der Waals surface area (Å²) in [4.78, 5) is -0.280. The van der Waals surface area contributed by atoms with Gasteiger partial charge >= 0.3 is 0 Å². The number of hydrogen-bond donors (Lipinski definition) is 0. The molecule has 0 saturated heterocycles. The second-order valence-electron chi connectivity index (χ2n) is 4.97. The Morgan fingerprint density at radius 1 is 0.667 bits per heavy atom. The van der Waals surface area contributed by atoms with Gasteiger partial charge in [0.25, 0.3) is 0 Å². The van der Waals surface area contributed by atoms with E-state index in [1.807, 2.05) is 0 Å². The molecule has 0 radical (unpaired) electrons. The van der Waals surface area contributed by atoms with Crippen molar-refractivity contribution in [3.8, 4) is 0 Å². The monoisotopic (exact) mass is 224 g/mol. The molecular formula is C14H21Cl. The van der Waals surface area contributed by atoms with Crippen molar-refractivity contribution in [1.29, 1.82) is 0 Å². The Balaban J connectivity index is 3.68. The normalized spacial score (nSPS) is 12.0. The third kappa shape index (κ3) is 2.06. The average molecular weight is 225 g/mol. The maximum Gasteiger partial charge on any atom is 0.0644 e. The van der Waals surface area contributed by atoms with E-state index in [-0.39, 0.29) is 4.87 Å². The van der Waals surface area contributed by atoms with Crippen LogP contribution < -0.4 is 0 Å². The average Bonchev–Trinajstić information content (AvgIpc) is 2.09. The number of alkyl halides is 1. The van der Waals surface area contributed by atoms with Crippen LogP contribution >= 0.6 is 11.6 Å². The van der Waals surface area contributed by atoms with Gasteiger partial charge in [-0.1, -0.05) is 0 Å². The summed E-state index contributed by atoms with van der Waals surface area (Å²) in [6.07, 6.45) is 0. The van der Waals surface area contributed by atoms with Gasteiger partial charge in [0, 0.05) is 0 Å². The minimum Gasteiger partial charge on any atom is -0.115 e. The van der Waals surface area contributed by atoms with E-state index in [0.29, 0.717) is 0 Å². The summed E-state index contributed by atoms with van der Waals surface area (Å²) < 4.78 is 0. The molecule has 1 rings (SSSR count). The fraction of sp³-hybridized carbons (Fsp3) is 0.571. The van der Waals surface area contributed by atoms with Crippen molar-refractivity contribution >= 4 is 11.6 Å². The van der Waals surface area contributed by atoms with Crippen molar-refractivity contribution in [1.82, 2.24) is 0 Å². The molecule has 0 N–H and O–H groups in total. The molecule has 0 bridgehead atoms. The lowest BCUT2D eigenvalue weighted by atomic mass is 9.84. The third-order valence-corrected chi connectivity index (χ3v) is 3.78. The van der Waals surface area contributed by atoms with E-state index in [4.69, 9.17) is 11.6 Å². The fourth-order valence-electron chi connectivity index (χ4n) is 2.39. The smallest absolute Gasteiger partial charge is 0.0644 e. The molecule has 0 unspecified atom stereocenters. The van der Waals surface area contributed by atoms with Crippen molar-refractivity contribution < 1.29 is 0 Å². The van der Waals surface area contributed by atoms with Gasteiger partial charge in [-0.25, -0.2) is 0 Å². The predicted molar refractivity (Wildman–Crippen MR) is 69.0 cm³/mol. The lowest BCUT2D eigenvalue weighted by Crippen LogP contribution is -2.15. The van der Waals surface area contributed by atoms with Gasteiger partial charge in [0.2, 0.25) is 0 Å². The van der Waals surface area contributed by atoms with Gasteiger partial charge in [0.1, 0.15) is 0 Å². The summed E-state index contributed by atoms with van der Waals surface area (Å²) >= 11 is 6.47. The Bertz CT molecular complexity index is 366. The topological polar surface area (TPSA) is 0 Å². The first-order chi connectivity index (χ1) is 6.68. The standard InChI is InChI=1S/C14H21Cl/c1-8-9(2)11(4)13(14(6,7)15)12(5)10(8)3/h1-7H3. The lowest BCUT2D eigenvalue weighted by Gasteiger charge is -2.26. The highest BCUT2D eigenvalue weighted by molar-refractivity contribution is 6.23. The Hall–Kier alpha value is -0.490. The Morgan fingerprint density at radius 2 is 0.933 bits per heavy atom. The van der Waals surface area contributed by atoms with Crippen LogP contribution in [0.3, 0.4) is 0 Å². The quantitative estimate of drug-likeness (QED) is 0.607. The van der Waals surface area contributed by atoms with Crippen molar-refractivity contribution in [2.75, 3.05) is 0 Å². The van der Waals surface area contributed by atoms with Gasteiger partial charge in [-0.15, -0.1) is 11.6 Å². The molecule has 0 atom stereocenters. The SMILES string of the molecule is Cc1c(C)c(C)c(C(C)(C)Cl)c(C)c1C. The summed E-state index contributed by atoms with van der Waals surface area (Å²) in [7, 11) is 0. The zero-order chi connectivity index (χ0) is 12.0. The van der Waals surface area contributed by atoms with Crippen molar-refractivity contribution in [2.24, 2.45) is 0 Å². The summed E-state index contributed by atoms with van der Waals surface area (Å²) in [5, 5.41) is 0. The van der Waals surface area contributed by atoms with Gasteiger partial charge in [0.05, 0.1) is 4.87 Å². The molecule has 84 valence electrons. The maximum atomic E-state index is 6.47.